The summed E-state index contributed by atoms with van der Waals surface area (Å²) in [5.41, 5.74) is 0. The number of aliphatic hydroxyl groups is 2. The highest BCUT2D eigenvalue weighted by atomic mass is 16.3. The first-order valence-corrected chi connectivity index (χ1v) is 5.28. The van der Waals surface area contributed by atoms with Crippen LogP contribution in [-0.2, 0) is 0 Å². The first-order valence-electron chi connectivity index (χ1n) is 5.28. The van der Waals surface area contributed by atoms with Gasteiger partial charge in [0.1, 0.15) is 0 Å². The van der Waals surface area contributed by atoms with E-state index in [1.165, 1.54) is 6.42 Å². The molecular formula is C11H16O2. The zero-order valence-corrected chi connectivity index (χ0v) is 7.63. The van der Waals surface area contributed by atoms with E-state index in [9.17, 15) is 10.2 Å². The van der Waals surface area contributed by atoms with E-state index in [0.717, 1.165) is 12.3 Å². The highest BCUT2D eigenvalue weighted by Crippen LogP contribution is 2.58. The lowest BCUT2D eigenvalue weighted by Gasteiger charge is -2.34. The first kappa shape index (κ1) is 8.01. The van der Waals surface area contributed by atoms with Crippen LogP contribution in [0.25, 0.3) is 0 Å². The highest BCUT2D eigenvalue weighted by Gasteiger charge is 2.56. The number of hydrogen-bond acceptors (Lipinski definition) is 2. The van der Waals surface area contributed by atoms with Crippen LogP contribution < -0.4 is 0 Å². The van der Waals surface area contributed by atoms with Gasteiger partial charge in [-0.3, -0.25) is 0 Å². The zero-order valence-electron chi connectivity index (χ0n) is 7.63. The van der Waals surface area contributed by atoms with Crippen molar-refractivity contribution < 1.29 is 10.2 Å². The van der Waals surface area contributed by atoms with Crippen LogP contribution in [0, 0.1) is 29.6 Å². The van der Waals surface area contributed by atoms with Crippen molar-refractivity contribution in [2.75, 3.05) is 6.61 Å². The van der Waals surface area contributed by atoms with Crippen molar-refractivity contribution in [2.24, 2.45) is 29.6 Å². The Labute approximate surface area is 78.3 Å². The molecule has 13 heavy (non-hydrogen) atoms. The van der Waals surface area contributed by atoms with E-state index in [0.29, 0.717) is 17.8 Å². The number of aliphatic hydroxyl groups excluding tert-OH is 2. The summed E-state index contributed by atoms with van der Waals surface area (Å²) >= 11 is 0. The highest BCUT2D eigenvalue weighted by molar-refractivity contribution is 5.16. The molecule has 72 valence electrons. The maximum absolute atomic E-state index is 9.93. The summed E-state index contributed by atoms with van der Waals surface area (Å²) in [6.45, 7) is 0.172. The van der Waals surface area contributed by atoms with Crippen LogP contribution in [0.15, 0.2) is 12.2 Å². The largest absolute Gasteiger partial charge is 0.396 e. The number of hydrogen-bond donors (Lipinski definition) is 2. The molecule has 0 aromatic rings. The normalized spacial score (nSPS) is 57.4. The summed E-state index contributed by atoms with van der Waals surface area (Å²) in [5.74, 6) is 2.58. The van der Waals surface area contributed by atoms with Crippen molar-refractivity contribution in [1.82, 2.24) is 0 Å². The van der Waals surface area contributed by atoms with Gasteiger partial charge in [0, 0.05) is 12.5 Å². The Bertz CT molecular complexity index is 246. The van der Waals surface area contributed by atoms with Crippen LogP contribution in [0.3, 0.4) is 0 Å². The van der Waals surface area contributed by atoms with Crippen molar-refractivity contribution in [3.63, 3.8) is 0 Å². The van der Waals surface area contributed by atoms with E-state index in [2.05, 4.69) is 12.2 Å². The van der Waals surface area contributed by atoms with Gasteiger partial charge in [-0.2, -0.15) is 0 Å². The first-order chi connectivity index (χ1) is 6.33. The smallest absolute Gasteiger partial charge is 0.0627 e. The molecule has 2 N–H and O–H groups in total. The lowest BCUT2D eigenvalue weighted by atomic mass is 9.74. The van der Waals surface area contributed by atoms with Crippen LogP contribution in [0.5, 0.6) is 0 Å². The molecule has 0 unspecified atom stereocenters. The van der Waals surface area contributed by atoms with Gasteiger partial charge in [0.2, 0.25) is 0 Å². The van der Waals surface area contributed by atoms with Crippen LogP contribution >= 0.6 is 0 Å². The summed E-state index contributed by atoms with van der Waals surface area (Å²) in [6, 6.07) is 0. The minimum Gasteiger partial charge on any atom is -0.396 e. The number of rotatable bonds is 1. The molecule has 2 fully saturated rings. The molecule has 3 aliphatic rings. The summed E-state index contributed by atoms with van der Waals surface area (Å²) < 4.78 is 0. The van der Waals surface area contributed by atoms with E-state index in [4.69, 9.17) is 0 Å². The van der Waals surface area contributed by atoms with Crippen molar-refractivity contribution in [3.05, 3.63) is 12.2 Å². The van der Waals surface area contributed by atoms with Gasteiger partial charge in [-0.1, -0.05) is 12.2 Å². The molecule has 2 saturated carbocycles. The molecule has 2 heteroatoms. The molecule has 2 nitrogen and oxygen atoms in total. The molecular weight excluding hydrogens is 164 g/mol. The Morgan fingerprint density at radius 2 is 2.08 bits per heavy atom. The molecule has 2 bridgehead atoms. The Morgan fingerprint density at radius 1 is 1.23 bits per heavy atom. The van der Waals surface area contributed by atoms with Crippen molar-refractivity contribution in [1.29, 1.82) is 0 Å². The third-order valence-electron chi connectivity index (χ3n) is 4.49. The minimum atomic E-state index is -0.237. The SMILES string of the molecule is OC[C@H]1[C@@H](O)[C@H]2C[C@H]1[C@H]1CC=C[C@H]21. The fourth-order valence-electron chi connectivity index (χ4n) is 3.93. The Balaban J connectivity index is 1.90. The van der Waals surface area contributed by atoms with E-state index in [1.807, 2.05) is 0 Å². The number of fused-ring (bicyclic) bond motifs is 5. The zero-order chi connectivity index (χ0) is 9.00. The van der Waals surface area contributed by atoms with Gasteiger partial charge in [-0.15, -0.1) is 0 Å². The third kappa shape index (κ3) is 0.856. The molecule has 0 spiro atoms. The lowest BCUT2D eigenvalue weighted by molar-refractivity contribution is -0.00531. The predicted molar refractivity (Wildman–Crippen MR) is 48.9 cm³/mol. The fourth-order valence-corrected chi connectivity index (χ4v) is 3.93. The monoisotopic (exact) mass is 180 g/mol. The molecule has 6 atom stereocenters. The topological polar surface area (TPSA) is 40.5 Å². The molecule has 0 aliphatic heterocycles. The third-order valence-corrected chi connectivity index (χ3v) is 4.49. The summed E-state index contributed by atoms with van der Waals surface area (Å²) in [6.07, 6.45) is 6.62. The van der Waals surface area contributed by atoms with E-state index in [-0.39, 0.29) is 18.6 Å². The maximum atomic E-state index is 9.93. The second-order valence-corrected chi connectivity index (χ2v) is 4.81. The predicted octanol–water partition coefficient (Wildman–Crippen LogP) is 0.798. The molecule has 0 aromatic heterocycles. The Hall–Kier alpha value is -0.340. The van der Waals surface area contributed by atoms with Crippen molar-refractivity contribution in [2.45, 2.75) is 18.9 Å². The average molecular weight is 180 g/mol. The minimum absolute atomic E-state index is 0.172. The van der Waals surface area contributed by atoms with Gasteiger partial charge in [0.25, 0.3) is 0 Å². The molecule has 0 amide bonds. The van der Waals surface area contributed by atoms with E-state index in [1.54, 1.807) is 0 Å². The van der Waals surface area contributed by atoms with Crippen molar-refractivity contribution in [3.8, 4) is 0 Å². The molecule has 0 aromatic carbocycles. The van der Waals surface area contributed by atoms with Crippen LogP contribution in [0.1, 0.15) is 12.8 Å². The van der Waals surface area contributed by atoms with Gasteiger partial charge in [0.05, 0.1) is 6.10 Å². The fraction of sp³-hybridized carbons (Fsp3) is 0.818. The van der Waals surface area contributed by atoms with Crippen LogP contribution in [-0.4, -0.2) is 22.9 Å². The Morgan fingerprint density at radius 3 is 2.85 bits per heavy atom. The Kier molecular flexibility index (Phi) is 1.59. The van der Waals surface area contributed by atoms with Gasteiger partial charge >= 0.3 is 0 Å². The maximum Gasteiger partial charge on any atom is 0.0627 e. The van der Waals surface area contributed by atoms with Crippen LogP contribution in [0.4, 0.5) is 0 Å². The van der Waals surface area contributed by atoms with E-state index < -0.39 is 0 Å². The van der Waals surface area contributed by atoms with E-state index >= 15 is 0 Å². The van der Waals surface area contributed by atoms with Gasteiger partial charge in [-0.05, 0) is 36.5 Å². The average Bonchev–Trinajstić information content (AvgIpc) is 2.71. The van der Waals surface area contributed by atoms with Crippen LogP contribution in [0.2, 0.25) is 0 Å². The van der Waals surface area contributed by atoms with Crippen molar-refractivity contribution >= 4 is 0 Å². The molecule has 3 rings (SSSR count). The summed E-state index contributed by atoms with van der Waals surface area (Å²) in [4.78, 5) is 0. The number of allylic oxidation sites excluding steroid dienone is 2. The molecule has 0 radical (unpaired) electrons. The lowest BCUT2D eigenvalue weighted by Crippen LogP contribution is -2.38. The standard InChI is InChI=1S/C11H16O2/c12-5-10-8-4-9(11(10)13)7-3-1-2-6(7)8/h1,3,6-13H,2,4-5H2/t6-,7-,8-,9-,10+,11-/m0/s1. The second-order valence-electron chi connectivity index (χ2n) is 4.81. The van der Waals surface area contributed by atoms with Gasteiger partial charge in [-0.25, -0.2) is 0 Å². The molecule has 0 saturated heterocycles. The molecule has 0 heterocycles. The van der Waals surface area contributed by atoms with Gasteiger partial charge in [0.15, 0.2) is 0 Å². The second kappa shape index (κ2) is 2.58. The summed E-state index contributed by atoms with van der Waals surface area (Å²) in [7, 11) is 0. The quantitative estimate of drug-likeness (QED) is 0.586. The summed E-state index contributed by atoms with van der Waals surface area (Å²) in [5, 5.41) is 19.1. The van der Waals surface area contributed by atoms with Gasteiger partial charge < -0.3 is 10.2 Å². The molecule has 3 aliphatic carbocycles.